The van der Waals surface area contributed by atoms with E-state index in [0.29, 0.717) is 24.3 Å². The van der Waals surface area contributed by atoms with Gasteiger partial charge in [0.1, 0.15) is 11.9 Å². The normalized spacial score (nSPS) is 18.8. The highest BCUT2D eigenvalue weighted by molar-refractivity contribution is 6.07. The predicted octanol–water partition coefficient (Wildman–Crippen LogP) is 3.34. The molecule has 2 aliphatic rings. The summed E-state index contributed by atoms with van der Waals surface area (Å²) in [6, 6.07) is 19.0. The quantitative estimate of drug-likeness (QED) is 0.705. The van der Waals surface area contributed by atoms with E-state index in [4.69, 9.17) is 0 Å². The second-order valence-electron chi connectivity index (χ2n) is 7.63. The van der Waals surface area contributed by atoms with Gasteiger partial charge in [-0.2, -0.15) is 0 Å². The second kappa shape index (κ2) is 7.20. The molecule has 0 bridgehead atoms. The van der Waals surface area contributed by atoms with Crippen LogP contribution in [-0.4, -0.2) is 35.4 Å². The van der Waals surface area contributed by atoms with Gasteiger partial charge in [0.15, 0.2) is 0 Å². The number of carbonyl (C=O) groups excluding carboxylic acids is 2. The summed E-state index contributed by atoms with van der Waals surface area (Å²) in [5.41, 5.74) is 2.23. The van der Waals surface area contributed by atoms with Crippen molar-refractivity contribution in [2.75, 3.05) is 16.8 Å². The molecule has 1 saturated carbocycles. The molecular weight excluding hydrogens is 364 g/mol. The average Bonchev–Trinajstić information content (AvgIpc) is 3.50. The van der Waals surface area contributed by atoms with Crippen molar-refractivity contribution in [3.8, 4) is 0 Å². The summed E-state index contributed by atoms with van der Waals surface area (Å²) in [7, 11) is 0. The third-order valence-electron chi connectivity index (χ3n) is 5.47. The molecule has 3 aromatic rings. The molecule has 5 rings (SSSR count). The third kappa shape index (κ3) is 3.53. The standard InChI is InChI=1S/C23H22N4O2/c28-22(24-15-10-11-15)18-14-21(25-19-9-5-4-8-17(18)19)26-20-12-13-27(23(20)29)16-6-2-1-3-7-16/h1-9,14-15,20H,10-13H2,(H,24,28)(H,25,26). The Morgan fingerprint density at radius 2 is 1.76 bits per heavy atom. The summed E-state index contributed by atoms with van der Waals surface area (Å²) in [6.07, 6.45) is 2.75. The number of aromatic nitrogens is 1. The number of amides is 2. The molecule has 1 aliphatic carbocycles. The first-order chi connectivity index (χ1) is 14.2. The monoisotopic (exact) mass is 386 g/mol. The molecule has 1 aromatic heterocycles. The van der Waals surface area contributed by atoms with Crippen LogP contribution in [0.4, 0.5) is 11.5 Å². The molecule has 1 atom stereocenters. The van der Waals surface area contributed by atoms with Gasteiger partial charge in [0.05, 0.1) is 11.1 Å². The average molecular weight is 386 g/mol. The van der Waals surface area contributed by atoms with Gasteiger partial charge in [-0.05, 0) is 43.5 Å². The summed E-state index contributed by atoms with van der Waals surface area (Å²) in [6.45, 7) is 0.656. The van der Waals surface area contributed by atoms with Gasteiger partial charge in [-0.1, -0.05) is 36.4 Å². The molecular formula is C23H22N4O2. The van der Waals surface area contributed by atoms with Crippen molar-refractivity contribution < 1.29 is 9.59 Å². The number of benzene rings is 2. The molecule has 2 heterocycles. The van der Waals surface area contributed by atoms with E-state index in [0.717, 1.165) is 29.4 Å². The zero-order valence-electron chi connectivity index (χ0n) is 16.0. The lowest BCUT2D eigenvalue weighted by molar-refractivity contribution is -0.117. The first-order valence-electron chi connectivity index (χ1n) is 10.0. The molecule has 2 N–H and O–H groups in total. The van der Waals surface area contributed by atoms with Crippen molar-refractivity contribution in [1.82, 2.24) is 10.3 Å². The van der Waals surface area contributed by atoms with E-state index in [1.165, 1.54) is 0 Å². The van der Waals surface area contributed by atoms with Crippen LogP contribution in [0, 0.1) is 0 Å². The van der Waals surface area contributed by atoms with Gasteiger partial charge in [-0.3, -0.25) is 9.59 Å². The Labute approximate surface area is 168 Å². The summed E-state index contributed by atoms with van der Waals surface area (Å²) in [5, 5.41) is 7.13. The van der Waals surface area contributed by atoms with Crippen LogP contribution < -0.4 is 15.5 Å². The van der Waals surface area contributed by atoms with Crippen molar-refractivity contribution in [3.63, 3.8) is 0 Å². The Bertz CT molecular complexity index is 1080. The number of hydrogen-bond donors (Lipinski definition) is 2. The van der Waals surface area contributed by atoms with Crippen molar-refractivity contribution in [2.24, 2.45) is 0 Å². The van der Waals surface area contributed by atoms with Crippen LogP contribution in [0.15, 0.2) is 60.7 Å². The predicted molar refractivity (Wildman–Crippen MR) is 113 cm³/mol. The van der Waals surface area contributed by atoms with Crippen LogP contribution in [0.25, 0.3) is 10.9 Å². The minimum absolute atomic E-state index is 0.0233. The lowest BCUT2D eigenvalue weighted by atomic mass is 10.1. The number of fused-ring (bicyclic) bond motifs is 1. The fraction of sp³-hybridized carbons (Fsp3) is 0.261. The molecule has 2 fully saturated rings. The lowest BCUT2D eigenvalue weighted by Crippen LogP contribution is -2.33. The summed E-state index contributed by atoms with van der Waals surface area (Å²) in [5.74, 6) is 0.492. The number of anilines is 2. The van der Waals surface area contributed by atoms with Crippen molar-refractivity contribution in [3.05, 3.63) is 66.2 Å². The van der Waals surface area contributed by atoms with Crippen LogP contribution in [0.3, 0.4) is 0 Å². The lowest BCUT2D eigenvalue weighted by Gasteiger charge is -2.18. The fourth-order valence-electron chi connectivity index (χ4n) is 3.78. The minimum Gasteiger partial charge on any atom is -0.358 e. The van der Waals surface area contributed by atoms with E-state index in [9.17, 15) is 9.59 Å². The van der Waals surface area contributed by atoms with Crippen LogP contribution >= 0.6 is 0 Å². The second-order valence-corrected chi connectivity index (χ2v) is 7.63. The third-order valence-corrected chi connectivity index (χ3v) is 5.47. The zero-order valence-corrected chi connectivity index (χ0v) is 16.0. The smallest absolute Gasteiger partial charge is 0.252 e. The minimum atomic E-state index is -0.358. The van der Waals surface area contributed by atoms with Crippen molar-refractivity contribution >= 4 is 34.2 Å². The van der Waals surface area contributed by atoms with Crippen LogP contribution in [-0.2, 0) is 4.79 Å². The first kappa shape index (κ1) is 17.7. The van der Waals surface area contributed by atoms with E-state index in [2.05, 4.69) is 15.6 Å². The SMILES string of the molecule is O=C(NC1CC1)c1cc(NC2CCN(c3ccccc3)C2=O)nc2ccccc12. The molecule has 1 unspecified atom stereocenters. The Kier molecular flexibility index (Phi) is 4.39. The van der Waals surface area contributed by atoms with Crippen LogP contribution in [0.1, 0.15) is 29.6 Å². The molecule has 2 aromatic carbocycles. The maximum atomic E-state index is 12.9. The Hall–Kier alpha value is -3.41. The van der Waals surface area contributed by atoms with E-state index < -0.39 is 0 Å². The number of nitrogens with one attached hydrogen (secondary N) is 2. The number of para-hydroxylation sites is 2. The molecule has 1 aliphatic heterocycles. The number of carbonyl (C=O) groups is 2. The van der Waals surface area contributed by atoms with Gasteiger partial charge in [-0.25, -0.2) is 4.98 Å². The Morgan fingerprint density at radius 3 is 2.55 bits per heavy atom. The first-order valence-corrected chi connectivity index (χ1v) is 10.0. The molecule has 146 valence electrons. The number of pyridine rings is 1. The molecule has 2 amide bonds. The summed E-state index contributed by atoms with van der Waals surface area (Å²) in [4.78, 5) is 32.1. The molecule has 0 radical (unpaired) electrons. The summed E-state index contributed by atoms with van der Waals surface area (Å²) < 4.78 is 0. The van der Waals surface area contributed by atoms with Gasteiger partial charge in [0.25, 0.3) is 5.91 Å². The van der Waals surface area contributed by atoms with Crippen molar-refractivity contribution in [2.45, 2.75) is 31.3 Å². The highest BCUT2D eigenvalue weighted by Crippen LogP contribution is 2.26. The number of rotatable bonds is 5. The van der Waals surface area contributed by atoms with Crippen LogP contribution in [0.2, 0.25) is 0 Å². The molecule has 6 heteroatoms. The van der Waals surface area contributed by atoms with Crippen molar-refractivity contribution in [1.29, 1.82) is 0 Å². The number of nitrogens with zero attached hydrogens (tertiary/aromatic N) is 2. The zero-order chi connectivity index (χ0) is 19.8. The Morgan fingerprint density at radius 1 is 1.00 bits per heavy atom. The maximum Gasteiger partial charge on any atom is 0.252 e. The summed E-state index contributed by atoms with van der Waals surface area (Å²) >= 11 is 0. The topological polar surface area (TPSA) is 74.3 Å². The molecule has 1 saturated heterocycles. The van der Waals surface area contributed by atoms with Gasteiger partial charge < -0.3 is 15.5 Å². The number of hydrogen-bond acceptors (Lipinski definition) is 4. The van der Waals surface area contributed by atoms with Gasteiger partial charge in [-0.15, -0.1) is 0 Å². The van der Waals surface area contributed by atoms with E-state index in [-0.39, 0.29) is 23.9 Å². The molecule has 29 heavy (non-hydrogen) atoms. The van der Waals surface area contributed by atoms with Gasteiger partial charge in [0.2, 0.25) is 5.91 Å². The van der Waals surface area contributed by atoms with E-state index in [1.54, 1.807) is 11.0 Å². The molecule has 0 spiro atoms. The fourth-order valence-corrected chi connectivity index (χ4v) is 3.78. The Balaban J connectivity index is 1.42. The molecule has 6 nitrogen and oxygen atoms in total. The maximum absolute atomic E-state index is 12.9. The van der Waals surface area contributed by atoms with Gasteiger partial charge >= 0.3 is 0 Å². The van der Waals surface area contributed by atoms with E-state index in [1.807, 2.05) is 54.6 Å². The largest absolute Gasteiger partial charge is 0.358 e. The van der Waals surface area contributed by atoms with Gasteiger partial charge in [0, 0.05) is 23.7 Å². The highest BCUT2D eigenvalue weighted by atomic mass is 16.2. The highest BCUT2D eigenvalue weighted by Gasteiger charge is 2.33. The van der Waals surface area contributed by atoms with Crippen LogP contribution in [0.5, 0.6) is 0 Å². The van der Waals surface area contributed by atoms with E-state index >= 15 is 0 Å².